The minimum absolute atomic E-state index is 0.0530. The number of nitrogen functional groups attached to an aromatic ring is 1. The van der Waals surface area contributed by atoms with E-state index >= 15 is 0 Å². The molecule has 1 aromatic rings. The molecule has 0 spiro atoms. The molecule has 1 aromatic heterocycles. The first kappa shape index (κ1) is 14.4. The van der Waals surface area contributed by atoms with E-state index in [4.69, 9.17) is 11.5 Å². The summed E-state index contributed by atoms with van der Waals surface area (Å²) in [6.45, 7) is 4.21. The van der Waals surface area contributed by atoms with Crippen LogP contribution in [-0.4, -0.2) is 17.2 Å². The second kappa shape index (κ2) is 4.73. The Kier molecular flexibility index (Phi) is 3.24. The molecule has 2 aliphatic carbocycles. The number of nitrogens with two attached hydrogens (primary N) is 2. The maximum Gasteiger partial charge on any atom is 0.253 e. The number of nitrogens with one attached hydrogen (secondary N) is 1. The smallest absolute Gasteiger partial charge is 0.253 e. The van der Waals surface area contributed by atoms with Crippen molar-refractivity contribution in [3.63, 3.8) is 0 Å². The first-order chi connectivity index (χ1) is 9.81. The van der Waals surface area contributed by atoms with Crippen LogP contribution in [0.25, 0.3) is 0 Å². The number of carbonyl (C=O) groups is 2. The SMILES string of the molecule is CC(C)(Nc1sc(C(=O)C2CC2)c(N)c1C(N)=O)C1CC1. The average Bonchev–Trinajstić information content (AvgIpc) is 3.26. The van der Waals surface area contributed by atoms with E-state index in [0.717, 1.165) is 12.8 Å². The van der Waals surface area contributed by atoms with Gasteiger partial charge < -0.3 is 16.8 Å². The molecule has 2 aliphatic rings. The lowest BCUT2D eigenvalue weighted by Gasteiger charge is -2.27. The van der Waals surface area contributed by atoms with Crippen LogP contribution < -0.4 is 16.8 Å². The molecule has 2 saturated carbocycles. The number of rotatable bonds is 6. The molecule has 6 heteroatoms. The van der Waals surface area contributed by atoms with Crippen molar-refractivity contribution in [1.82, 2.24) is 0 Å². The molecule has 21 heavy (non-hydrogen) atoms. The predicted molar refractivity (Wildman–Crippen MR) is 84.7 cm³/mol. The third kappa shape index (κ3) is 2.64. The number of primary amides is 1. The molecule has 0 aromatic carbocycles. The summed E-state index contributed by atoms with van der Waals surface area (Å²) in [6.07, 6.45) is 4.19. The van der Waals surface area contributed by atoms with Crippen molar-refractivity contribution in [3.05, 3.63) is 10.4 Å². The quantitative estimate of drug-likeness (QED) is 0.704. The van der Waals surface area contributed by atoms with Gasteiger partial charge in [0.05, 0.1) is 16.1 Å². The number of amides is 1. The molecular formula is C15H21N3O2S. The number of hydrogen-bond donors (Lipinski definition) is 3. The molecule has 2 fully saturated rings. The van der Waals surface area contributed by atoms with Gasteiger partial charge in [0, 0.05) is 11.5 Å². The van der Waals surface area contributed by atoms with E-state index in [9.17, 15) is 9.59 Å². The van der Waals surface area contributed by atoms with E-state index in [1.54, 1.807) is 0 Å². The fourth-order valence-electron chi connectivity index (χ4n) is 2.69. The first-order valence-electron chi connectivity index (χ1n) is 7.35. The van der Waals surface area contributed by atoms with Gasteiger partial charge in [-0.2, -0.15) is 0 Å². The summed E-state index contributed by atoms with van der Waals surface area (Å²) in [4.78, 5) is 24.5. The Bertz CT molecular complexity index is 613. The topological polar surface area (TPSA) is 98.2 Å². The summed E-state index contributed by atoms with van der Waals surface area (Å²) in [7, 11) is 0. The van der Waals surface area contributed by atoms with Gasteiger partial charge >= 0.3 is 0 Å². The number of ketones is 1. The number of thiophene rings is 1. The van der Waals surface area contributed by atoms with Crippen LogP contribution in [0.4, 0.5) is 10.7 Å². The highest BCUT2D eigenvalue weighted by Crippen LogP contribution is 2.46. The largest absolute Gasteiger partial charge is 0.397 e. The summed E-state index contributed by atoms with van der Waals surface area (Å²) in [5.74, 6) is 0.144. The van der Waals surface area contributed by atoms with Crippen molar-refractivity contribution in [3.8, 4) is 0 Å². The van der Waals surface area contributed by atoms with Gasteiger partial charge in [0.1, 0.15) is 5.00 Å². The van der Waals surface area contributed by atoms with E-state index in [1.807, 2.05) is 0 Å². The molecule has 114 valence electrons. The highest BCUT2D eigenvalue weighted by Gasteiger charge is 2.40. The van der Waals surface area contributed by atoms with Gasteiger partial charge in [-0.3, -0.25) is 9.59 Å². The fourth-order valence-corrected chi connectivity index (χ4v) is 4.00. The molecule has 5 nitrogen and oxygen atoms in total. The highest BCUT2D eigenvalue weighted by molar-refractivity contribution is 7.19. The van der Waals surface area contributed by atoms with Crippen molar-refractivity contribution in [2.45, 2.75) is 45.1 Å². The van der Waals surface area contributed by atoms with Gasteiger partial charge in [-0.05, 0) is 45.4 Å². The minimum Gasteiger partial charge on any atom is -0.397 e. The van der Waals surface area contributed by atoms with Crippen LogP contribution >= 0.6 is 11.3 Å². The molecule has 0 radical (unpaired) electrons. The Hall–Kier alpha value is -1.56. The van der Waals surface area contributed by atoms with Crippen LogP contribution in [0.3, 0.4) is 0 Å². The molecule has 3 rings (SSSR count). The monoisotopic (exact) mass is 307 g/mol. The van der Waals surface area contributed by atoms with Gasteiger partial charge in [-0.15, -0.1) is 11.3 Å². The third-order valence-electron chi connectivity index (χ3n) is 4.40. The number of Topliss-reactive ketones (excluding diaryl/α,β-unsaturated/α-hetero) is 1. The van der Waals surface area contributed by atoms with Crippen molar-refractivity contribution in [2.75, 3.05) is 11.1 Å². The maximum absolute atomic E-state index is 12.3. The molecule has 0 unspecified atom stereocenters. The lowest BCUT2D eigenvalue weighted by molar-refractivity contribution is 0.0972. The lowest BCUT2D eigenvalue weighted by atomic mass is 9.98. The van der Waals surface area contributed by atoms with E-state index in [-0.39, 0.29) is 28.5 Å². The Morgan fingerprint density at radius 1 is 1.24 bits per heavy atom. The zero-order chi connectivity index (χ0) is 15.4. The normalized spacial score (nSPS) is 18.6. The van der Waals surface area contributed by atoms with Gasteiger partial charge in [0.25, 0.3) is 5.91 Å². The summed E-state index contributed by atoms with van der Waals surface area (Å²) in [6, 6.07) is 0. The van der Waals surface area contributed by atoms with Gasteiger partial charge in [-0.1, -0.05) is 0 Å². The summed E-state index contributed by atoms with van der Waals surface area (Å²) in [5.41, 5.74) is 11.9. The van der Waals surface area contributed by atoms with Crippen molar-refractivity contribution >= 4 is 33.7 Å². The Morgan fingerprint density at radius 2 is 1.86 bits per heavy atom. The van der Waals surface area contributed by atoms with Gasteiger partial charge in [0.15, 0.2) is 5.78 Å². The molecule has 0 saturated heterocycles. The van der Waals surface area contributed by atoms with Crippen molar-refractivity contribution < 1.29 is 9.59 Å². The number of hydrogen-bond acceptors (Lipinski definition) is 5. The zero-order valence-corrected chi connectivity index (χ0v) is 13.2. The minimum atomic E-state index is -0.576. The predicted octanol–water partition coefficient (Wildman–Crippen LogP) is 2.62. The maximum atomic E-state index is 12.3. The van der Waals surface area contributed by atoms with E-state index < -0.39 is 5.91 Å². The van der Waals surface area contributed by atoms with Gasteiger partial charge in [0.2, 0.25) is 0 Å². The van der Waals surface area contributed by atoms with Crippen LogP contribution in [0.5, 0.6) is 0 Å². The summed E-state index contributed by atoms with van der Waals surface area (Å²) >= 11 is 1.28. The molecular weight excluding hydrogens is 286 g/mol. The lowest BCUT2D eigenvalue weighted by Crippen LogP contribution is -2.33. The van der Waals surface area contributed by atoms with Crippen LogP contribution in [0.2, 0.25) is 0 Å². The van der Waals surface area contributed by atoms with E-state index in [2.05, 4.69) is 19.2 Å². The Balaban J connectivity index is 1.96. The second-order valence-corrected chi connectivity index (χ2v) is 7.69. The van der Waals surface area contributed by atoms with Crippen LogP contribution in [-0.2, 0) is 0 Å². The standard InChI is InChI=1S/C15H21N3O2S/c1-15(2,8-5-6-8)18-14-9(13(17)20)10(16)12(21-14)11(19)7-3-4-7/h7-8,18H,3-6,16H2,1-2H3,(H2,17,20). The number of carbonyl (C=O) groups excluding carboxylic acids is 2. The van der Waals surface area contributed by atoms with Crippen LogP contribution in [0, 0.1) is 11.8 Å². The first-order valence-corrected chi connectivity index (χ1v) is 8.17. The summed E-state index contributed by atoms with van der Waals surface area (Å²) < 4.78 is 0. The van der Waals surface area contributed by atoms with Gasteiger partial charge in [-0.25, -0.2) is 0 Å². The second-order valence-electron chi connectivity index (χ2n) is 6.67. The van der Waals surface area contributed by atoms with Crippen LogP contribution in [0.15, 0.2) is 0 Å². The average molecular weight is 307 g/mol. The van der Waals surface area contributed by atoms with Crippen molar-refractivity contribution in [2.24, 2.45) is 17.6 Å². The molecule has 0 atom stereocenters. The van der Waals surface area contributed by atoms with E-state index in [0.29, 0.717) is 15.8 Å². The molecule has 1 heterocycles. The molecule has 1 amide bonds. The molecule has 5 N–H and O–H groups in total. The third-order valence-corrected chi connectivity index (χ3v) is 5.53. The Labute approximate surface area is 128 Å². The van der Waals surface area contributed by atoms with Crippen LogP contribution in [0.1, 0.15) is 59.6 Å². The zero-order valence-electron chi connectivity index (χ0n) is 12.4. The fraction of sp³-hybridized carbons (Fsp3) is 0.600. The highest BCUT2D eigenvalue weighted by atomic mass is 32.1. The molecule has 0 aliphatic heterocycles. The van der Waals surface area contributed by atoms with Crippen molar-refractivity contribution in [1.29, 1.82) is 0 Å². The Morgan fingerprint density at radius 3 is 2.33 bits per heavy atom. The summed E-state index contributed by atoms with van der Waals surface area (Å²) in [5, 5.41) is 4.03. The molecule has 0 bridgehead atoms. The number of anilines is 2. The van der Waals surface area contributed by atoms with E-state index in [1.165, 1.54) is 24.2 Å².